The van der Waals surface area contributed by atoms with E-state index in [0.717, 1.165) is 0 Å². The highest BCUT2D eigenvalue weighted by atomic mass is 32.2. The molecule has 1 aromatic heterocycles. The molecule has 3 rings (SSSR count). The zero-order valence-corrected chi connectivity index (χ0v) is 15.0. The summed E-state index contributed by atoms with van der Waals surface area (Å²) in [5.41, 5.74) is 0.466. The monoisotopic (exact) mass is 412 g/mol. The van der Waals surface area contributed by atoms with Gasteiger partial charge >= 0.3 is 6.18 Å². The van der Waals surface area contributed by atoms with E-state index < -0.39 is 31.2 Å². The van der Waals surface area contributed by atoms with Crippen LogP contribution in [-0.2, 0) is 14.6 Å². The van der Waals surface area contributed by atoms with Gasteiger partial charge in [0.25, 0.3) is 5.12 Å². The number of carbonyl (C=O) groups excluding carboxylic acids is 1. The van der Waals surface area contributed by atoms with E-state index in [1.54, 1.807) is 36.4 Å². The first-order valence-corrected chi connectivity index (χ1v) is 9.74. The molecule has 10 heteroatoms. The second-order valence-electron chi connectivity index (χ2n) is 5.29. The van der Waals surface area contributed by atoms with Crippen molar-refractivity contribution in [2.75, 3.05) is 0 Å². The number of imidazole rings is 1. The summed E-state index contributed by atoms with van der Waals surface area (Å²) in [6.45, 7) is 0. The van der Waals surface area contributed by atoms with Crippen LogP contribution in [0.15, 0.2) is 75.6 Å². The van der Waals surface area contributed by atoms with Crippen LogP contribution in [0.4, 0.5) is 13.2 Å². The third-order valence-electron chi connectivity index (χ3n) is 3.43. The van der Waals surface area contributed by atoms with Crippen molar-refractivity contribution in [3.63, 3.8) is 0 Å². The minimum atomic E-state index is -5.12. The number of benzene rings is 2. The quantitative estimate of drug-likeness (QED) is 0.653. The van der Waals surface area contributed by atoms with Gasteiger partial charge in [0.1, 0.15) is 10.9 Å². The van der Waals surface area contributed by atoms with Gasteiger partial charge in [0, 0.05) is 5.56 Å². The van der Waals surface area contributed by atoms with Crippen molar-refractivity contribution in [3.8, 4) is 11.4 Å². The fraction of sp³-hybridized carbons (Fsp3) is 0.0588. The summed E-state index contributed by atoms with van der Waals surface area (Å²) in [4.78, 5) is 17.7. The standard InChI is InChI=1S/C17H11F3N2O3S2/c18-17(19,20)16(23)26-14-15(27(24,25)12-9-5-2-6-10-12)22-13(21-14)11-7-3-1-4-8-11/h1-10H,(H,21,22). The van der Waals surface area contributed by atoms with Gasteiger partial charge in [-0.25, -0.2) is 13.4 Å². The molecule has 0 amide bonds. The molecule has 0 aliphatic carbocycles. The molecule has 1 heterocycles. The van der Waals surface area contributed by atoms with Gasteiger partial charge in [-0.2, -0.15) is 13.2 Å². The van der Waals surface area contributed by atoms with E-state index in [2.05, 4.69) is 9.97 Å². The molecule has 0 aliphatic heterocycles. The number of nitrogens with one attached hydrogen (secondary N) is 1. The maximum Gasteiger partial charge on any atom is 0.461 e. The van der Waals surface area contributed by atoms with Gasteiger partial charge in [-0.15, -0.1) is 0 Å². The Kier molecular flexibility index (Phi) is 5.11. The fourth-order valence-electron chi connectivity index (χ4n) is 2.19. The molecule has 1 N–H and O–H groups in total. The highest BCUT2D eigenvalue weighted by molar-refractivity contribution is 8.14. The van der Waals surface area contributed by atoms with E-state index >= 15 is 0 Å². The van der Waals surface area contributed by atoms with Crippen molar-refractivity contribution < 1.29 is 26.4 Å². The first-order valence-electron chi connectivity index (χ1n) is 7.44. The molecule has 0 aliphatic rings. The van der Waals surface area contributed by atoms with Crippen LogP contribution >= 0.6 is 11.8 Å². The van der Waals surface area contributed by atoms with Crippen LogP contribution in [-0.4, -0.2) is 29.7 Å². The molecule has 0 fully saturated rings. The lowest BCUT2D eigenvalue weighted by molar-refractivity contribution is -0.160. The minimum Gasteiger partial charge on any atom is -0.328 e. The van der Waals surface area contributed by atoms with Crippen LogP contribution in [0.25, 0.3) is 11.4 Å². The number of nitrogens with zero attached hydrogens (tertiary/aromatic N) is 1. The molecule has 140 valence electrons. The number of aromatic nitrogens is 2. The van der Waals surface area contributed by atoms with Crippen LogP contribution in [0.5, 0.6) is 0 Å². The molecule has 0 atom stereocenters. The van der Waals surface area contributed by atoms with Crippen molar-refractivity contribution in [2.45, 2.75) is 21.1 Å². The summed E-state index contributed by atoms with van der Waals surface area (Å²) in [5, 5.41) is -3.27. The van der Waals surface area contributed by atoms with Crippen LogP contribution in [0.3, 0.4) is 0 Å². The number of halogens is 3. The topological polar surface area (TPSA) is 79.9 Å². The zero-order valence-electron chi connectivity index (χ0n) is 13.4. The SMILES string of the molecule is O=C(Sc1nc(-c2ccccc2)[nH]c1S(=O)(=O)c1ccccc1)C(F)(F)F. The number of sulfone groups is 1. The largest absolute Gasteiger partial charge is 0.461 e. The van der Waals surface area contributed by atoms with Gasteiger partial charge in [0.15, 0.2) is 5.03 Å². The van der Waals surface area contributed by atoms with E-state index in [0.29, 0.717) is 5.56 Å². The Labute approximate surface area is 156 Å². The molecule has 0 bridgehead atoms. The second-order valence-corrected chi connectivity index (χ2v) is 8.14. The molecular formula is C17H11F3N2O3S2. The average Bonchev–Trinajstić information content (AvgIpc) is 3.07. The van der Waals surface area contributed by atoms with Crippen LogP contribution in [0, 0.1) is 0 Å². The third-order valence-corrected chi connectivity index (χ3v) is 6.19. The smallest absolute Gasteiger partial charge is 0.328 e. The van der Waals surface area contributed by atoms with Gasteiger partial charge in [-0.05, 0) is 23.9 Å². The lowest BCUT2D eigenvalue weighted by atomic mass is 10.2. The first kappa shape index (κ1) is 19.2. The van der Waals surface area contributed by atoms with Gasteiger partial charge in [0.2, 0.25) is 9.84 Å². The Balaban J connectivity index is 2.14. The van der Waals surface area contributed by atoms with E-state index in [4.69, 9.17) is 0 Å². The second kappa shape index (κ2) is 7.20. The van der Waals surface area contributed by atoms with Gasteiger partial charge in [-0.3, -0.25) is 4.79 Å². The van der Waals surface area contributed by atoms with Crippen LogP contribution in [0.1, 0.15) is 0 Å². The summed E-state index contributed by atoms with van der Waals surface area (Å²) in [5.74, 6) is 0.0441. The van der Waals surface area contributed by atoms with E-state index in [1.807, 2.05) is 0 Å². The Morgan fingerprint density at radius 3 is 2.07 bits per heavy atom. The number of H-pyrrole nitrogens is 1. The molecule has 0 saturated carbocycles. The number of hydrogen-bond acceptors (Lipinski definition) is 5. The summed E-state index contributed by atoms with van der Waals surface area (Å²) in [6, 6.07) is 15.4. The summed E-state index contributed by atoms with van der Waals surface area (Å²) >= 11 is -0.271. The lowest BCUT2D eigenvalue weighted by Crippen LogP contribution is -2.19. The molecule has 0 spiro atoms. The number of alkyl halides is 3. The van der Waals surface area contributed by atoms with Crippen molar-refractivity contribution in [2.24, 2.45) is 0 Å². The zero-order chi connectivity index (χ0) is 19.7. The van der Waals surface area contributed by atoms with Crippen LogP contribution < -0.4 is 0 Å². The van der Waals surface area contributed by atoms with Crippen molar-refractivity contribution in [3.05, 3.63) is 60.7 Å². The molecule has 0 unspecified atom stereocenters. The summed E-state index contributed by atoms with van der Waals surface area (Å²) in [7, 11) is -4.21. The maximum atomic E-state index is 12.9. The third kappa shape index (κ3) is 4.06. The number of aromatic amines is 1. The molecule has 3 aromatic rings. The predicted molar refractivity (Wildman–Crippen MR) is 92.8 cm³/mol. The van der Waals surface area contributed by atoms with Gasteiger partial charge < -0.3 is 4.98 Å². The van der Waals surface area contributed by atoms with E-state index in [1.165, 1.54) is 24.3 Å². The molecule has 0 radical (unpaired) electrons. The molecule has 2 aromatic carbocycles. The maximum absolute atomic E-state index is 12.9. The normalized spacial score (nSPS) is 12.1. The minimum absolute atomic E-state index is 0.0441. The van der Waals surface area contributed by atoms with Crippen molar-refractivity contribution >= 4 is 26.7 Å². The Hall–Kier alpha value is -2.59. The summed E-state index contributed by atoms with van der Waals surface area (Å²) < 4.78 is 63.7. The predicted octanol–water partition coefficient (Wildman–Crippen LogP) is 4.09. The Morgan fingerprint density at radius 1 is 0.963 bits per heavy atom. The Bertz CT molecular complexity index is 1060. The van der Waals surface area contributed by atoms with Crippen molar-refractivity contribution in [1.29, 1.82) is 0 Å². The molecule has 0 saturated heterocycles. The number of hydrogen-bond donors (Lipinski definition) is 1. The fourth-order valence-corrected chi connectivity index (χ4v) is 4.47. The molecule has 5 nitrogen and oxygen atoms in total. The lowest BCUT2D eigenvalue weighted by Gasteiger charge is -2.05. The number of thioether (sulfide) groups is 1. The molecule has 27 heavy (non-hydrogen) atoms. The molecular weight excluding hydrogens is 401 g/mol. The van der Waals surface area contributed by atoms with E-state index in [9.17, 15) is 26.4 Å². The highest BCUT2D eigenvalue weighted by Crippen LogP contribution is 2.35. The van der Waals surface area contributed by atoms with Gasteiger partial charge in [0.05, 0.1) is 4.90 Å². The number of carbonyl (C=O) groups is 1. The van der Waals surface area contributed by atoms with E-state index in [-0.39, 0.29) is 22.5 Å². The Morgan fingerprint density at radius 2 is 1.52 bits per heavy atom. The van der Waals surface area contributed by atoms with Crippen molar-refractivity contribution in [1.82, 2.24) is 9.97 Å². The first-order chi connectivity index (χ1) is 12.7. The average molecular weight is 412 g/mol. The van der Waals surface area contributed by atoms with Gasteiger partial charge in [-0.1, -0.05) is 48.5 Å². The summed E-state index contributed by atoms with van der Waals surface area (Å²) in [6.07, 6.45) is -5.12. The number of rotatable bonds is 4. The highest BCUT2D eigenvalue weighted by Gasteiger charge is 2.41. The van der Waals surface area contributed by atoms with Crippen LogP contribution in [0.2, 0.25) is 0 Å².